The lowest BCUT2D eigenvalue weighted by molar-refractivity contribution is 0.303. The van der Waals surface area contributed by atoms with E-state index in [9.17, 15) is 0 Å². The van der Waals surface area contributed by atoms with Crippen molar-refractivity contribution in [3.63, 3.8) is 0 Å². The van der Waals surface area contributed by atoms with Gasteiger partial charge in [0, 0.05) is 6.61 Å². The van der Waals surface area contributed by atoms with E-state index >= 15 is 0 Å². The third kappa shape index (κ3) is 6.71. The van der Waals surface area contributed by atoms with Gasteiger partial charge in [-0.25, -0.2) is 0 Å². The molecule has 2 fully saturated rings. The lowest BCUT2D eigenvalue weighted by Gasteiger charge is -2.43. The molecule has 2 aliphatic rings. The maximum absolute atomic E-state index is 7.26. The fraction of sp³-hybridized carbons (Fsp3) is 0.588. The highest BCUT2D eigenvalue weighted by atomic mass is 28.4. The van der Waals surface area contributed by atoms with Gasteiger partial charge in [0.1, 0.15) is 0 Å². The first kappa shape index (κ1) is 28.4. The highest BCUT2D eigenvalue weighted by Gasteiger charge is 2.50. The topological polar surface area (TPSA) is 9.23 Å². The van der Waals surface area contributed by atoms with E-state index < -0.39 is 8.32 Å². The standard InChI is InChI=1S/C34H51BOSi/c1-5-35(30-21-12-7-13-22-30)33(29-19-10-6-11-20-29)27-18-28-36-37(34(2,3)4,31-23-14-8-15-24-31)32-25-16-9-17-26-32/h8-9,14-17,23-27,29-30H,5-7,10-13,18-22,28H2,1-4H3/b33-27-. The molecule has 2 aliphatic carbocycles. The van der Waals surface area contributed by atoms with Crippen molar-refractivity contribution in [3.8, 4) is 0 Å². The van der Waals surface area contributed by atoms with Crippen LogP contribution in [0.3, 0.4) is 0 Å². The number of hydrogen-bond donors (Lipinski definition) is 0. The van der Waals surface area contributed by atoms with Crippen LogP contribution in [0.25, 0.3) is 0 Å². The molecule has 0 aromatic heterocycles. The SMILES string of the molecule is CCB(/C(=C\CCO[Si](c1ccccc1)(c1ccccc1)C(C)(C)C)C1CCCCC1)C1CCCCC1. The molecule has 37 heavy (non-hydrogen) atoms. The van der Waals surface area contributed by atoms with Gasteiger partial charge in [-0.3, -0.25) is 0 Å². The van der Waals surface area contributed by atoms with Crippen molar-refractivity contribution >= 4 is 25.4 Å². The molecule has 0 aliphatic heterocycles. The van der Waals surface area contributed by atoms with Crippen molar-refractivity contribution in [3.05, 3.63) is 72.2 Å². The van der Waals surface area contributed by atoms with Crippen LogP contribution in [0.4, 0.5) is 0 Å². The Balaban J connectivity index is 1.61. The number of hydrogen-bond acceptors (Lipinski definition) is 1. The number of benzene rings is 2. The van der Waals surface area contributed by atoms with Gasteiger partial charge in [0.05, 0.1) is 0 Å². The van der Waals surface area contributed by atoms with Gasteiger partial charge >= 0.3 is 0 Å². The Labute approximate surface area is 229 Å². The first-order chi connectivity index (χ1) is 18.0. The molecule has 0 bridgehead atoms. The molecule has 0 amide bonds. The third-order valence-corrected chi connectivity index (χ3v) is 14.4. The van der Waals surface area contributed by atoms with E-state index in [0.717, 1.165) is 31.5 Å². The van der Waals surface area contributed by atoms with Crippen LogP contribution in [0, 0.1) is 5.92 Å². The summed E-state index contributed by atoms with van der Waals surface area (Å²) in [6.07, 6.45) is 19.3. The second kappa shape index (κ2) is 13.5. The van der Waals surface area contributed by atoms with E-state index in [1.807, 2.05) is 5.47 Å². The molecule has 0 radical (unpaired) electrons. The Bertz CT molecular complexity index is 913. The van der Waals surface area contributed by atoms with Crippen LogP contribution in [-0.4, -0.2) is 21.6 Å². The van der Waals surface area contributed by atoms with Gasteiger partial charge in [0.25, 0.3) is 8.32 Å². The molecule has 0 atom stereocenters. The molecule has 2 saturated carbocycles. The van der Waals surface area contributed by atoms with Crippen LogP contribution in [0.5, 0.6) is 0 Å². The van der Waals surface area contributed by atoms with Crippen LogP contribution in [0.2, 0.25) is 17.2 Å². The Kier molecular flexibility index (Phi) is 10.4. The molecule has 2 aromatic carbocycles. The molecule has 0 unspecified atom stereocenters. The second-order valence-electron chi connectivity index (χ2n) is 12.8. The quantitative estimate of drug-likeness (QED) is 0.227. The molecular weight excluding hydrogens is 463 g/mol. The van der Waals surface area contributed by atoms with Crippen molar-refractivity contribution in [1.82, 2.24) is 0 Å². The summed E-state index contributed by atoms with van der Waals surface area (Å²) in [6.45, 7) is 11.2. The Morgan fingerprint density at radius 1 is 0.811 bits per heavy atom. The lowest BCUT2D eigenvalue weighted by atomic mass is 9.31. The molecule has 200 valence electrons. The minimum atomic E-state index is -2.46. The highest BCUT2D eigenvalue weighted by molar-refractivity contribution is 6.99. The molecule has 2 aromatic rings. The summed E-state index contributed by atoms with van der Waals surface area (Å²) < 4.78 is 7.26. The van der Waals surface area contributed by atoms with Gasteiger partial charge in [-0.2, -0.15) is 0 Å². The van der Waals surface area contributed by atoms with Gasteiger partial charge in [0.2, 0.25) is 0 Å². The summed E-state index contributed by atoms with van der Waals surface area (Å²) >= 11 is 0. The summed E-state index contributed by atoms with van der Waals surface area (Å²) in [4.78, 5) is 0. The minimum Gasteiger partial charge on any atom is -0.407 e. The monoisotopic (exact) mass is 514 g/mol. The van der Waals surface area contributed by atoms with Gasteiger partial charge in [-0.15, -0.1) is 5.47 Å². The molecule has 0 heterocycles. The van der Waals surface area contributed by atoms with Crippen molar-refractivity contribution in [2.45, 2.75) is 115 Å². The van der Waals surface area contributed by atoms with E-state index in [2.05, 4.69) is 94.4 Å². The van der Waals surface area contributed by atoms with Crippen molar-refractivity contribution in [2.75, 3.05) is 6.61 Å². The van der Waals surface area contributed by atoms with Gasteiger partial charge in [-0.1, -0.05) is 158 Å². The van der Waals surface area contributed by atoms with Crippen molar-refractivity contribution < 1.29 is 4.43 Å². The van der Waals surface area contributed by atoms with E-state index in [0.29, 0.717) is 0 Å². The maximum Gasteiger partial charge on any atom is 0.261 e. The van der Waals surface area contributed by atoms with E-state index in [4.69, 9.17) is 4.43 Å². The Morgan fingerprint density at radius 3 is 1.81 bits per heavy atom. The second-order valence-corrected chi connectivity index (χ2v) is 17.1. The molecule has 0 spiro atoms. The first-order valence-electron chi connectivity index (χ1n) is 15.4. The minimum absolute atomic E-state index is 0.0413. The van der Waals surface area contributed by atoms with Gasteiger partial charge < -0.3 is 4.43 Å². The van der Waals surface area contributed by atoms with Crippen LogP contribution in [0.1, 0.15) is 98.3 Å². The number of rotatable bonds is 10. The lowest BCUT2D eigenvalue weighted by Crippen LogP contribution is -2.66. The summed E-state index contributed by atoms with van der Waals surface area (Å²) in [6, 6.07) is 22.2. The van der Waals surface area contributed by atoms with Crippen LogP contribution >= 0.6 is 0 Å². The molecule has 0 N–H and O–H groups in total. The van der Waals surface area contributed by atoms with Crippen LogP contribution < -0.4 is 10.4 Å². The summed E-state index contributed by atoms with van der Waals surface area (Å²) in [7, 11) is -2.46. The fourth-order valence-corrected chi connectivity index (χ4v) is 12.2. The summed E-state index contributed by atoms with van der Waals surface area (Å²) in [5.41, 5.74) is 1.82. The van der Waals surface area contributed by atoms with E-state index in [-0.39, 0.29) is 5.04 Å². The highest BCUT2D eigenvalue weighted by Crippen LogP contribution is 2.41. The average Bonchev–Trinajstić information content (AvgIpc) is 2.94. The zero-order valence-electron chi connectivity index (χ0n) is 24.2. The number of allylic oxidation sites excluding steroid dienone is 1. The molecule has 0 saturated heterocycles. The fourth-order valence-electron chi connectivity index (χ4n) is 7.63. The Hall–Kier alpha value is -1.58. The smallest absolute Gasteiger partial charge is 0.261 e. The van der Waals surface area contributed by atoms with Crippen molar-refractivity contribution in [1.29, 1.82) is 0 Å². The zero-order chi connectivity index (χ0) is 26.1. The predicted molar refractivity (Wildman–Crippen MR) is 166 cm³/mol. The van der Waals surface area contributed by atoms with E-state index in [1.165, 1.54) is 80.9 Å². The molecule has 1 nitrogen and oxygen atoms in total. The molecular formula is C34H51BOSi. The largest absolute Gasteiger partial charge is 0.407 e. The molecule has 4 rings (SSSR count). The summed E-state index contributed by atoms with van der Waals surface area (Å²) in [5, 5.41) is 2.82. The Morgan fingerprint density at radius 2 is 1.32 bits per heavy atom. The predicted octanol–water partition coefficient (Wildman–Crippen LogP) is 8.85. The van der Waals surface area contributed by atoms with E-state index in [1.54, 1.807) is 0 Å². The van der Waals surface area contributed by atoms with Gasteiger partial charge in [-0.05, 0) is 40.6 Å². The van der Waals surface area contributed by atoms with Crippen molar-refractivity contribution in [2.24, 2.45) is 5.92 Å². The summed E-state index contributed by atoms with van der Waals surface area (Å²) in [5.74, 6) is 1.72. The van der Waals surface area contributed by atoms with Gasteiger partial charge in [0.15, 0.2) is 6.71 Å². The molecule has 3 heteroatoms. The third-order valence-electron chi connectivity index (χ3n) is 9.40. The zero-order valence-corrected chi connectivity index (χ0v) is 25.2. The first-order valence-corrected chi connectivity index (χ1v) is 17.3. The van der Waals surface area contributed by atoms with Crippen LogP contribution in [0.15, 0.2) is 72.2 Å². The maximum atomic E-state index is 7.26. The average molecular weight is 515 g/mol. The van der Waals surface area contributed by atoms with Crippen LogP contribution in [-0.2, 0) is 4.43 Å². The normalized spacial score (nSPS) is 18.6.